The van der Waals surface area contributed by atoms with Crippen LogP contribution in [0.25, 0.3) is 0 Å². The molecular formula is C12H13BrClNO4. The maximum atomic E-state index is 11.6. The normalized spacial score (nSPS) is 10.1. The summed E-state index contributed by atoms with van der Waals surface area (Å²) in [6.07, 6.45) is -1.12. The molecule has 0 radical (unpaired) electrons. The molecule has 0 aliphatic heterocycles. The van der Waals surface area contributed by atoms with Crippen molar-refractivity contribution >= 4 is 39.4 Å². The number of hydrogen-bond donors (Lipinski definition) is 2. The van der Waals surface area contributed by atoms with Gasteiger partial charge in [-0.1, -0.05) is 11.6 Å². The molecule has 1 aromatic rings. The highest BCUT2D eigenvalue weighted by Crippen LogP contribution is 2.37. The molecule has 0 aliphatic carbocycles. The molecule has 5 nitrogen and oxygen atoms in total. The van der Waals surface area contributed by atoms with E-state index in [1.54, 1.807) is 13.0 Å². The zero-order chi connectivity index (χ0) is 14.6. The largest absolute Gasteiger partial charge is 0.490 e. The zero-order valence-electron chi connectivity index (χ0n) is 10.4. The van der Waals surface area contributed by atoms with Gasteiger partial charge < -0.3 is 15.2 Å². The van der Waals surface area contributed by atoms with E-state index in [9.17, 15) is 9.59 Å². The third kappa shape index (κ3) is 4.11. The molecule has 0 atom stereocenters. The standard InChI is InChI=1S/C12H13BrClNO4/c1-6-9(14)5-8(7(2)16)11(10(6)13)19-4-3-15-12(17)18/h5,15H,3-4H2,1-2H3,(H,17,18). The Hall–Kier alpha value is -1.27. The SMILES string of the molecule is CC(=O)c1cc(Cl)c(C)c(Br)c1OCCNC(=O)O. The fourth-order valence-electron chi connectivity index (χ4n) is 1.41. The van der Waals surface area contributed by atoms with Crippen molar-refractivity contribution in [1.82, 2.24) is 5.32 Å². The Morgan fingerprint density at radius 1 is 1.53 bits per heavy atom. The number of rotatable bonds is 5. The molecule has 0 saturated heterocycles. The van der Waals surface area contributed by atoms with Crippen molar-refractivity contribution < 1.29 is 19.4 Å². The number of carbonyl (C=O) groups excluding carboxylic acids is 1. The van der Waals surface area contributed by atoms with Gasteiger partial charge in [-0.25, -0.2) is 4.79 Å². The molecule has 7 heteroatoms. The molecule has 0 saturated carbocycles. The summed E-state index contributed by atoms with van der Waals surface area (Å²) in [7, 11) is 0. The average molecular weight is 351 g/mol. The second-order valence-corrected chi connectivity index (χ2v) is 5.01. The molecule has 1 aromatic carbocycles. The monoisotopic (exact) mass is 349 g/mol. The number of nitrogens with one attached hydrogen (secondary N) is 1. The summed E-state index contributed by atoms with van der Waals surface area (Å²) < 4.78 is 6.06. The predicted molar refractivity (Wildman–Crippen MR) is 75.4 cm³/mol. The summed E-state index contributed by atoms with van der Waals surface area (Å²) in [5.41, 5.74) is 1.12. The molecule has 19 heavy (non-hydrogen) atoms. The van der Waals surface area contributed by atoms with E-state index in [2.05, 4.69) is 21.2 Å². The number of benzene rings is 1. The second-order valence-electron chi connectivity index (χ2n) is 3.81. The molecule has 0 aliphatic rings. The first-order valence-corrected chi connectivity index (χ1v) is 6.60. The van der Waals surface area contributed by atoms with Crippen LogP contribution in [0.3, 0.4) is 0 Å². The minimum absolute atomic E-state index is 0.117. The summed E-state index contributed by atoms with van der Waals surface area (Å²) in [6, 6.07) is 1.55. The lowest BCUT2D eigenvalue weighted by Gasteiger charge is -2.14. The summed E-state index contributed by atoms with van der Waals surface area (Å²) in [6.45, 7) is 3.45. The maximum absolute atomic E-state index is 11.6. The Labute approximate surface area is 124 Å². The Balaban J connectivity index is 2.94. The van der Waals surface area contributed by atoms with Gasteiger partial charge in [-0.15, -0.1) is 0 Å². The van der Waals surface area contributed by atoms with Crippen molar-refractivity contribution in [3.63, 3.8) is 0 Å². The maximum Gasteiger partial charge on any atom is 0.404 e. The number of hydrogen-bond acceptors (Lipinski definition) is 3. The number of carboxylic acid groups (broad SMARTS) is 1. The molecule has 1 rings (SSSR count). The third-order valence-electron chi connectivity index (χ3n) is 2.41. The number of amides is 1. The van der Waals surface area contributed by atoms with Crippen LogP contribution in [0.4, 0.5) is 4.79 Å². The average Bonchev–Trinajstić information content (AvgIpc) is 2.32. The van der Waals surface area contributed by atoms with Crippen molar-refractivity contribution in [3.05, 3.63) is 26.7 Å². The topological polar surface area (TPSA) is 75.6 Å². The Kier molecular flexibility index (Phi) is 5.62. The van der Waals surface area contributed by atoms with Gasteiger partial charge in [-0.3, -0.25) is 4.79 Å². The van der Waals surface area contributed by atoms with E-state index >= 15 is 0 Å². The van der Waals surface area contributed by atoms with Crippen LogP contribution in [-0.2, 0) is 0 Å². The molecule has 0 bridgehead atoms. The van der Waals surface area contributed by atoms with E-state index in [-0.39, 0.29) is 18.9 Å². The van der Waals surface area contributed by atoms with E-state index in [0.717, 1.165) is 5.56 Å². The molecule has 104 valence electrons. The smallest absolute Gasteiger partial charge is 0.404 e. The molecule has 0 spiro atoms. The number of halogens is 2. The summed E-state index contributed by atoms with van der Waals surface area (Å²) in [4.78, 5) is 21.9. The van der Waals surface area contributed by atoms with E-state index in [1.807, 2.05) is 0 Å². The predicted octanol–water partition coefficient (Wildman–Crippen LogP) is 3.26. The summed E-state index contributed by atoms with van der Waals surface area (Å²) in [5, 5.41) is 11.1. The van der Waals surface area contributed by atoms with Gasteiger partial charge in [0.15, 0.2) is 5.78 Å². The highest BCUT2D eigenvalue weighted by atomic mass is 79.9. The quantitative estimate of drug-likeness (QED) is 0.631. The first kappa shape index (κ1) is 15.8. The van der Waals surface area contributed by atoms with Gasteiger partial charge in [-0.2, -0.15) is 0 Å². The molecule has 0 aromatic heterocycles. The Bertz CT molecular complexity index is 519. The van der Waals surface area contributed by atoms with E-state index in [1.165, 1.54) is 6.92 Å². The van der Waals surface area contributed by atoms with Crippen LogP contribution in [0, 0.1) is 6.92 Å². The molecule has 0 unspecified atom stereocenters. The summed E-state index contributed by atoms with van der Waals surface area (Å²) >= 11 is 9.34. The van der Waals surface area contributed by atoms with Gasteiger partial charge in [0, 0.05) is 5.02 Å². The number of carbonyl (C=O) groups is 2. The van der Waals surface area contributed by atoms with Gasteiger partial charge in [0.2, 0.25) is 0 Å². The van der Waals surface area contributed by atoms with Crippen LogP contribution >= 0.6 is 27.5 Å². The number of ketones is 1. The molecule has 2 N–H and O–H groups in total. The fraction of sp³-hybridized carbons (Fsp3) is 0.333. The van der Waals surface area contributed by atoms with Gasteiger partial charge >= 0.3 is 6.09 Å². The van der Waals surface area contributed by atoms with Crippen LogP contribution in [0.2, 0.25) is 5.02 Å². The van der Waals surface area contributed by atoms with E-state index in [4.69, 9.17) is 21.4 Å². The van der Waals surface area contributed by atoms with E-state index < -0.39 is 6.09 Å². The fourth-order valence-corrected chi connectivity index (χ4v) is 2.27. The highest BCUT2D eigenvalue weighted by Gasteiger charge is 2.17. The zero-order valence-corrected chi connectivity index (χ0v) is 12.8. The van der Waals surface area contributed by atoms with Crippen LogP contribution in [0.1, 0.15) is 22.8 Å². The lowest BCUT2D eigenvalue weighted by Crippen LogP contribution is -2.26. The minimum Gasteiger partial charge on any atom is -0.490 e. The third-order valence-corrected chi connectivity index (χ3v) is 3.75. The van der Waals surface area contributed by atoms with Crippen LogP contribution in [-0.4, -0.2) is 30.1 Å². The summed E-state index contributed by atoms with van der Waals surface area (Å²) in [5.74, 6) is 0.199. The van der Waals surface area contributed by atoms with Crippen LogP contribution in [0.5, 0.6) is 5.75 Å². The van der Waals surface area contributed by atoms with Crippen LogP contribution in [0.15, 0.2) is 10.5 Å². The highest BCUT2D eigenvalue weighted by molar-refractivity contribution is 9.10. The first-order chi connectivity index (χ1) is 8.84. The molecule has 0 fully saturated rings. The minimum atomic E-state index is -1.12. The number of ether oxygens (including phenoxy) is 1. The lowest BCUT2D eigenvalue weighted by atomic mass is 10.1. The van der Waals surface area contributed by atoms with Gasteiger partial charge in [0.1, 0.15) is 12.4 Å². The van der Waals surface area contributed by atoms with Gasteiger partial charge in [-0.05, 0) is 41.4 Å². The molecular weight excluding hydrogens is 337 g/mol. The van der Waals surface area contributed by atoms with Crippen molar-refractivity contribution in [2.75, 3.05) is 13.2 Å². The number of Topliss-reactive ketones (excluding diaryl/α,β-unsaturated/α-hetero) is 1. The molecule has 1 amide bonds. The lowest BCUT2D eigenvalue weighted by molar-refractivity contribution is 0.101. The first-order valence-electron chi connectivity index (χ1n) is 5.43. The van der Waals surface area contributed by atoms with Gasteiger partial charge in [0.25, 0.3) is 0 Å². The molecule has 0 heterocycles. The second kappa shape index (κ2) is 6.77. The van der Waals surface area contributed by atoms with E-state index in [0.29, 0.717) is 20.8 Å². The van der Waals surface area contributed by atoms with Gasteiger partial charge in [0.05, 0.1) is 16.6 Å². The Morgan fingerprint density at radius 3 is 2.68 bits per heavy atom. The van der Waals surface area contributed by atoms with Crippen molar-refractivity contribution in [2.45, 2.75) is 13.8 Å². The van der Waals surface area contributed by atoms with Crippen LogP contribution < -0.4 is 10.1 Å². The van der Waals surface area contributed by atoms with Crippen molar-refractivity contribution in [3.8, 4) is 5.75 Å². The Morgan fingerprint density at radius 2 is 2.16 bits per heavy atom. The van der Waals surface area contributed by atoms with Crippen molar-refractivity contribution in [2.24, 2.45) is 0 Å². The van der Waals surface area contributed by atoms with Crippen molar-refractivity contribution in [1.29, 1.82) is 0 Å².